The maximum Gasteiger partial charge on any atom is 0.210 e. The van der Waals surface area contributed by atoms with Crippen LogP contribution in [0.1, 0.15) is 17.0 Å². The molecule has 2 aromatic heterocycles. The molecular formula is C13H13N5S3. The van der Waals surface area contributed by atoms with Crippen molar-refractivity contribution in [2.24, 2.45) is 0 Å². The minimum Gasteiger partial charge on any atom is -0.330 e. The zero-order valence-electron chi connectivity index (χ0n) is 11.7. The van der Waals surface area contributed by atoms with Crippen LogP contribution < -0.4 is 5.32 Å². The van der Waals surface area contributed by atoms with Crippen LogP contribution in [0.2, 0.25) is 0 Å². The van der Waals surface area contributed by atoms with Gasteiger partial charge in [0.05, 0.1) is 0 Å². The fourth-order valence-corrected chi connectivity index (χ4v) is 4.32. The Morgan fingerprint density at radius 1 is 1.10 bits per heavy atom. The molecule has 21 heavy (non-hydrogen) atoms. The van der Waals surface area contributed by atoms with E-state index in [-0.39, 0.29) is 0 Å². The highest BCUT2D eigenvalue weighted by Crippen LogP contribution is 2.34. The van der Waals surface area contributed by atoms with Crippen molar-refractivity contribution in [3.63, 3.8) is 0 Å². The molecule has 1 N–H and O–H groups in total. The Labute approximate surface area is 135 Å². The van der Waals surface area contributed by atoms with Crippen LogP contribution in [-0.2, 0) is 0 Å². The summed E-state index contributed by atoms with van der Waals surface area (Å²) in [6.07, 6.45) is 0. The van der Waals surface area contributed by atoms with E-state index in [0.717, 1.165) is 25.3 Å². The molecule has 0 aliphatic heterocycles. The van der Waals surface area contributed by atoms with E-state index in [2.05, 4.69) is 44.8 Å². The van der Waals surface area contributed by atoms with Crippen molar-refractivity contribution in [3.05, 3.63) is 35.2 Å². The lowest BCUT2D eigenvalue weighted by molar-refractivity contribution is 1.01. The number of aromatic nitrogens is 4. The second-order valence-corrected chi connectivity index (χ2v) is 7.68. The van der Waals surface area contributed by atoms with Gasteiger partial charge in [-0.15, -0.1) is 10.2 Å². The van der Waals surface area contributed by atoms with Gasteiger partial charge < -0.3 is 5.32 Å². The summed E-state index contributed by atoms with van der Waals surface area (Å²) in [5, 5.41) is 12.5. The fraction of sp³-hybridized carbons (Fsp3) is 0.231. The van der Waals surface area contributed by atoms with Crippen molar-refractivity contribution in [2.45, 2.75) is 29.5 Å². The molecule has 0 unspecified atom stereocenters. The van der Waals surface area contributed by atoms with Crippen molar-refractivity contribution in [2.75, 3.05) is 5.32 Å². The Morgan fingerprint density at radius 2 is 1.95 bits per heavy atom. The number of rotatable bonds is 4. The SMILES string of the molecule is Cc1nsc(Sc2nnc(Nc3cccc(C)c3C)s2)n1. The lowest BCUT2D eigenvalue weighted by Crippen LogP contribution is -1.94. The van der Waals surface area contributed by atoms with Gasteiger partial charge in [0.25, 0.3) is 0 Å². The predicted molar refractivity (Wildman–Crippen MR) is 87.9 cm³/mol. The second kappa shape index (κ2) is 6.08. The highest BCUT2D eigenvalue weighted by Gasteiger charge is 2.10. The molecule has 8 heteroatoms. The van der Waals surface area contributed by atoms with Gasteiger partial charge in [-0.3, -0.25) is 0 Å². The summed E-state index contributed by atoms with van der Waals surface area (Å²) < 4.78 is 5.91. The third-order valence-electron chi connectivity index (χ3n) is 2.94. The molecule has 0 aliphatic carbocycles. The molecule has 0 fully saturated rings. The number of hydrogen-bond acceptors (Lipinski definition) is 8. The van der Waals surface area contributed by atoms with E-state index in [4.69, 9.17) is 0 Å². The highest BCUT2D eigenvalue weighted by molar-refractivity contribution is 8.02. The summed E-state index contributed by atoms with van der Waals surface area (Å²) in [4.78, 5) is 4.31. The molecule has 3 rings (SSSR count). The third-order valence-corrected chi connectivity index (χ3v) is 5.67. The summed E-state index contributed by atoms with van der Waals surface area (Å²) >= 11 is 4.39. The average Bonchev–Trinajstić information content (AvgIpc) is 3.05. The number of aryl methyl sites for hydroxylation is 2. The van der Waals surface area contributed by atoms with Gasteiger partial charge in [0, 0.05) is 5.69 Å². The molecule has 2 heterocycles. The summed E-state index contributed by atoms with van der Waals surface area (Å²) in [5.74, 6) is 0.792. The number of nitrogens with zero attached hydrogens (tertiary/aromatic N) is 4. The van der Waals surface area contributed by atoms with Crippen LogP contribution in [0, 0.1) is 20.8 Å². The van der Waals surface area contributed by atoms with Gasteiger partial charge in [0.2, 0.25) is 5.13 Å². The molecule has 0 radical (unpaired) electrons. The van der Waals surface area contributed by atoms with Crippen molar-refractivity contribution >= 4 is 45.5 Å². The molecule has 0 saturated carbocycles. The fourth-order valence-electron chi connectivity index (χ4n) is 1.70. The minimum absolute atomic E-state index is 0.785. The van der Waals surface area contributed by atoms with E-state index >= 15 is 0 Å². The Bertz CT molecular complexity index is 765. The molecule has 0 spiro atoms. The first-order valence-corrected chi connectivity index (χ1v) is 8.67. The van der Waals surface area contributed by atoms with Crippen molar-refractivity contribution < 1.29 is 0 Å². The molecule has 5 nitrogen and oxygen atoms in total. The number of anilines is 2. The quantitative estimate of drug-likeness (QED) is 0.770. The Kier molecular flexibility index (Phi) is 4.18. The Balaban J connectivity index is 1.74. The van der Waals surface area contributed by atoms with E-state index in [1.54, 1.807) is 0 Å². The monoisotopic (exact) mass is 335 g/mol. The molecule has 0 atom stereocenters. The van der Waals surface area contributed by atoms with E-state index in [1.165, 1.54) is 45.8 Å². The largest absolute Gasteiger partial charge is 0.330 e. The van der Waals surface area contributed by atoms with E-state index < -0.39 is 0 Å². The van der Waals surface area contributed by atoms with Gasteiger partial charge in [-0.1, -0.05) is 23.5 Å². The predicted octanol–water partition coefficient (Wildman–Crippen LogP) is 4.21. The molecule has 0 aliphatic rings. The summed E-state index contributed by atoms with van der Waals surface area (Å²) in [5.41, 5.74) is 3.54. The molecule has 0 bridgehead atoms. The van der Waals surface area contributed by atoms with Crippen molar-refractivity contribution in [3.8, 4) is 0 Å². The summed E-state index contributed by atoms with van der Waals surface area (Å²) in [7, 11) is 0. The zero-order chi connectivity index (χ0) is 14.8. The second-order valence-electron chi connectivity index (χ2n) is 4.46. The third kappa shape index (κ3) is 3.39. The lowest BCUT2D eigenvalue weighted by Gasteiger charge is -2.08. The molecular weight excluding hydrogens is 322 g/mol. The van der Waals surface area contributed by atoms with Gasteiger partial charge >= 0.3 is 0 Å². The summed E-state index contributed by atoms with van der Waals surface area (Å²) in [6, 6.07) is 6.18. The maximum absolute atomic E-state index is 4.31. The van der Waals surface area contributed by atoms with Gasteiger partial charge in [-0.2, -0.15) is 4.37 Å². The van der Waals surface area contributed by atoms with Crippen LogP contribution in [0.25, 0.3) is 0 Å². The van der Waals surface area contributed by atoms with Crippen molar-refractivity contribution in [1.29, 1.82) is 0 Å². The van der Waals surface area contributed by atoms with Crippen LogP contribution >= 0.6 is 34.6 Å². The highest BCUT2D eigenvalue weighted by atomic mass is 32.2. The minimum atomic E-state index is 0.785. The van der Waals surface area contributed by atoms with E-state index in [0.29, 0.717) is 0 Å². The average molecular weight is 335 g/mol. The maximum atomic E-state index is 4.31. The Morgan fingerprint density at radius 3 is 2.71 bits per heavy atom. The number of benzene rings is 1. The first kappa shape index (κ1) is 14.4. The summed E-state index contributed by atoms with van der Waals surface area (Å²) in [6.45, 7) is 6.08. The van der Waals surface area contributed by atoms with E-state index in [9.17, 15) is 0 Å². The molecule has 108 valence electrons. The first-order valence-electron chi connectivity index (χ1n) is 6.27. The molecule has 0 amide bonds. The van der Waals surface area contributed by atoms with Gasteiger partial charge in [0.1, 0.15) is 5.82 Å². The van der Waals surface area contributed by atoms with Crippen LogP contribution in [0.5, 0.6) is 0 Å². The van der Waals surface area contributed by atoms with Crippen molar-refractivity contribution in [1.82, 2.24) is 19.6 Å². The topological polar surface area (TPSA) is 63.6 Å². The van der Waals surface area contributed by atoms with Crippen LogP contribution in [-0.4, -0.2) is 19.6 Å². The molecule has 1 aromatic carbocycles. The standard InChI is InChI=1S/C13H13N5S3/c1-7-5-4-6-10(8(7)2)15-11-16-17-13(19-11)20-12-14-9(3)18-21-12/h4-6H,1-3H3,(H,15,16). The molecule has 3 aromatic rings. The van der Waals surface area contributed by atoms with Gasteiger partial charge in [-0.25, -0.2) is 4.98 Å². The van der Waals surface area contributed by atoms with Crippen LogP contribution in [0.4, 0.5) is 10.8 Å². The van der Waals surface area contributed by atoms with Gasteiger partial charge in [0.15, 0.2) is 8.68 Å². The normalized spacial score (nSPS) is 10.8. The van der Waals surface area contributed by atoms with Gasteiger partial charge in [-0.05, 0) is 61.3 Å². The Hall–Kier alpha value is -1.51. The van der Waals surface area contributed by atoms with Crippen LogP contribution in [0.3, 0.4) is 0 Å². The van der Waals surface area contributed by atoms with E-state index in [1.807, 2.05) is 19.1 Å². The first-order chi connectivity index (χ1) is 10.1. The smallest absolute Gasteiger partial charge is 0.210 e. The number of nitrogens with one attached hydrogen (secondary N) is 1. The molecule has 0 saturated heterocycles. The zero-order valence-corrected chi connectivity index (χ0v) is 14.2. The lowest BCUT2D eigenvalue weighted by atomic mass is 10.1. The van der Waals surface area contributed by atoms with Crippen LogP contribution in [0.15, 0.2) is 26.9 Å². The number of hydrogen-bond donors (Lipinski definition) is 1.